The van der Waals surface area contributed by atoms with E-state index in [0.717, 1.165) is 0 Å². The zero-order valence-corrected chi connectivity index (χ0v) is 11.6. The summed E-state index contributed by atoms with van der Waals surface area (Å²) in [4.78, 5) is 13.8. The predicted octanol–water partition coefficient (Wildman–Crippen LogP) is 1.94. The summed E-state index contributed by atoms with van der Waals surface area (Å²) in [5.41, 5.74) is 0.425. The van der Waals surface area contributed by atoms with Crippen LogP contribution in [0, 0.1) is 17.2 Å². The summed E-state index contributed by atoms with van der Waals surface area (Å²) in [6, 6.07) is 7.24. The second-order valence-electron chi connectivity index (χ2n) is 4.26. The molecule has 0 N–H and O–H groups in total. The van der Waals surface area contributed by atoms with Crippen molar-refractivity contribution in [2.75, 3.05) is 27.8 Å². The molecule has 0 heterocycles. The molecule has 0 saturated heterocycles. The van der Waals surface area contributed by atoms with Gasteiger partial charge in [-0.05, 0) is 19.1 Å². The first-order valence-corrected chi connectivity index (χ1v) is 5.91. The Bertz CT molecular complexity index is 494. The van der Waals surface area contributed by atoms with Crippen LogP contribution in [-0.4, -0.2) is 38.6 Å². The summed E-state index contributed by atoms with van der Waals surface area (Å²) in [5, 5.41) is 8.79. The third-order valence-corrected chi connectivity index (χ3v) is 2.75. The first-order valence-electron chi connectivity index (χ1n) is 5.91. The van der Waals surface area contributed by atoms with Gasteiger partial charge in [-0.15, -0.1) is 0 Å². The van der Waals surface area contributed by atoms with Gasteiger partial charge in [0.15, 0.2) is 11.5 Å². The lowest BCUT2D eigenvalue weighted by molar-refractivity contribution is 0.0781. The van der Waals surface area contributed by atoms with Crippen LogP contribution in [0.3, 0.4) is 0 Å². The summed E-state index contributed by atoms with van der Waals surface area (Å²) in [7, 11) is 4.68. The monoisotopic (exact) mass is 262 g/mol. The van der Waals surface area contributed by atoms with E-state index in [1.165, 1.54) is 19.1 Å². The van der Waals surface area contributed by atoms with Gasteiger partial charge >= 0.3 is 0 Å². The van der Waals surface area contributed by atoms with Gasteiger partial charge in [0.25, 0.3) is 5.91 Å². The maximum Gasteiger partial charge on any atom is 0.257 e. The lowest BCUT2D eigenvalue weighted by Gasteiger charge is -2.20. The van der Waals surface area contributed by atoms with Crippen molar-refractivity contribution < 1.29 is 14.3 Å². The Kier molecular flexibility index (Phi) is 5.19. The largest absolute Gasteiger partial charge is 0.493 e. The molecule has 5 heteroatoms. The molecule has 0 fully saturated rings. The zero-order valence-electron chi connectivity index (χ0n) is 11.6. The number of benzene rings is 1. The fraction of sp³-hybridized carbons (Fsp3) is 0.429. The van der Waals surface area contributed by atoms with E-state index in [4.69, 9.17) is 14.7 Å². The number of hydrogen-bond acceptors (Lipinski definition) is 4. The van der Waals surface area contributed by atoms with Gasteiger partial charge in [0, 0.05) is 13.6 Å². The highest BCUT2D eigenvalue weighted by atomic mass is 16.5. The number of ether oxygens (including phenoxy) is 2. The number of methoxy groups -OCH3 is 2. The highest BCUT2D eigenvalue weighted by Gasteiger charge is 2.20. The van der Waals surface area contributed by atoms with Crippen molar-refractivity contribution >= 4 is 5.91 Å². The molecule has 0 aliphatic rings. The van der Waals surface area contributed by atoms with Crippen molar-refractivity contribution in [3.8, 4) is 17.6 Å². The molecule has 102 valence electrons. The number of para-hydroxylation sites is 1. The Hall–Kier alpha value is -2.22. The molecule has 1 aromatic rings. The minimum absolute atomic E-state index is 0.196. The van der Waals surface area contributed by atoms with Gasteiger partial charge in [0.05, 0.1) is 31.8 Å². The van der Waals surface area contributed by atoms with Crippen LogP contribution < -0.4 is 9.47 Å². The van der Waals surface area contributed by atoms with Crippen molar-refractivity contribution in [3.05, 3.63) is 23.8 Å². The van der Waals surface area contributed by atoms with Crippen molar-refractivity contribution in [1.29, 1.82) is 5.26 Å². The number of nitrogens with zero attached hydrogens (tertiary/aromatic N) is 2. The molecule has 1 rings (SSSR count). The Balaban J connectivity index is 3.03. The maximum absolute atomic E-state index is 12.3. The molecule has 1 amide bonds. The van der Waals surface area contributed by atoms with Crippen LogP contribution in [0.4, 0.5) is 0 Å². The normalized spacial score (nSPS) is 11.3. The third-order valence-electron chi connectivity index (χ3n) is 2.75. The van der Waals surface area contributed by atoms with Gasteiger partial charge in [-0.1, -0.05) is 6.07 Å². The Morgan fingerprint density at radius 1 is 1.42 bits per heavy atom. The maximum atomic E-state index is 12.3. The van der Waals surface area contributed by atoms with Gasteiger partial charge in [-0.25, -0.2) is 0 Å². The van der Waals surface area contributed by atoms with Crippen molar-refractivity contribution in [2.45, 2.75) is 6.92 Å². The van der Waals surface area contributed by atoms with E-state index >= 15 is 0 Å². The van der Waals surface area contributed by atoms with Crippen molar-refractivity contribution in [2.24, 2.45) is 5.92 Å². The topological polar surface area (TPSA) is 62.6 Å². The summed E-state index contributed by atoms with van der Waals surface area (Å²) in [6.45, 7) is 2.14. The fourth-order valence-corrected chi connectivity index (χ4v) is 1.80. The van der Waals surface area contributed by atoms with Crippen LogP contribution in [0.1, 0.15) is 17.3 Å². The number of carbonyl (C=O) groups excluding carboxylic acids is 1. The number of hydrogen-bond donors (Lipinski definition) is 0. The predicted molar refractivity (Wildman–Crippen MR) is 71.3 cm³/mol. The first kappa shape index (κ1) is 14.8. The zero-order chi connectivity index (χ0) is 14.4. The standard InChI is InChI=1S/C14H18N2O3/c1-10(8-15)9-16(2)14(17)11-6-5-7-12(18-3)13(11)19-4/h5-7,10H,9H2,1-4H3. The average Bonchev–Trinajstić information content (AvgIpc) is 2.44. The molecule has 0 bridgehead atoms. The fourth-order valence-electron chi connectivity index (χ4n) is 1.80. The molecular formula is C14H18N2O3. The Morgan fingerprint density at radius 3 is 2.63 bits per heavy atom. The highest BCUT2D eigenvalue weighted by molar-refractivity contribution is 5.97. The number of rotatable bonds is 5. The summed E-state index contributed by atoms with van der Waals surface area (Å²) >= 11 is 0. The van der Waals surface area contributed by atoms with E-state index in [9.17, 15) is 4.79 Å². The number of carbonyl (C=O) groups is 1. The van der Waals surface area contributed by atoms with Gasteiger partial charge in [-0.3, -0.25) is 4.79 Å². The third kappa shape index (κ3) is 3.38. The van der Waals surface area contributed by atoms with Crippen molar-refractivity contribution in [3.63, 3.8) is 0 Å². The summed E-state index contributed by atoms with van der Waals surface area (Å²) in [5.74, 6) is 0.505. The smallest absolute Gasteiger partial charge is 0.257 e. The second kappa shape index (κ2) is 6.64. The SMILES string of the molecule is COc1cccc(C(=O)N(C)CC(C)C#N)c1OC. The van der Waals surface area contributed by atoms with E-state index in [1.54, 1.807) is 32.2 Å². The van der Waals surface area contributed by atoms with E-state index < -0.39 is 0 Å². The van der Waals surface area contributed by atoms with E-state index in [1.807, 2.05) is 0 Å². The Labute approximate surface area is 113 Å². The van der Waals surface area contributed by atoms with Gasteiger partial charge in [0.1, 0.15) is 0 Å². The molecule has 0 radical (unpaired) electrons. The van der Waals surface area contributed by atoms with Gasteiger partial charge in [-0.2, -0.15) is 5.26 Å². The van der Waals surface area contributed by atoms with E-state index in [2.05, 4.69) is 6.07 Å². The van der Waals surface area contributed by atoms with E-state index in [-0.39, 0.29) is 11.8 Å². The van der Waals surface area contributed by atoms with Crippen molar-refractivity contribution in [1.82, 2.24) is 4.90 Å². The van der Waals surface area contributed by atoms with Crippen LogP contribution in [0.15, 0.2) is 18.2 Å². The highest BCUT2D eigenvalue weighted by Crippen LogP contribution is 2.31. The lowest BCUT2D eigenvalue weighted by atomic mass is 10.1. The quantitative estimate of drug-likeness (QED) is 0.813. The molecule has 0 saturated carbocycles. The molecule has 0 aliphatic heterocycles. The summed E-state index contributed by atoms with van der Waals surface area (Å²) in [6.07, 6.45) is 0. The van der Waals surface area contributed by atoms with Crippen LogP contribution in [0.2, 0.25) is 0 Å². The average molecular weight is 262 g/mol. The molecule has 5 nitrogen and oxygen atoms in total. The van der Waals surface area contributed by atoms with Crippen LogP contribution >= 0.6 is 0 Å². The van der Waals surface area contributed by atoms with Crippen LogP contribution in [0.5, 0.6) is 11.5 Å². The van der Waals surface area contributed by atoms with Gasteiger partial charge < -0.3 is 14.4 Å². The molecule has 0 aromatic heterocycles. The minimum atomic E-state index is -0.217. The lowest BCUT2D eigenvalue weighted by Crippen LogP contribution is -2.31. The molecule has 19 heavy (non-hydrogen) atoms. The molecule has 0 spiro atoms. The second-order valence-corrected chi connectivity index (χ2v) is 4.26. The first-order chi connectivity index (χ1) is 9.04. The molecular weight excluding hydrogens is 244 g/mol. The molecule has 1 atom stereocenters. The number of nitriles is 1. The van der Waals surface area contributed by atoms with Crippen LogP contribution in [0.25, 0.3) is 0 Å². The number of amides is 1. The Morgan fingerprint density at radius 2 is 2.11 bits per heavy atom. The van der Waals surface area contributed by atoms with E-state index in [0.29, 0.717) is 23.6 Å². The molecule has 0 aliphatic carbocycles. The summed E-state index contributed by atoms with van der Waals surface area (Å²) < 4.78 is 10.4. The molecule has 1 aromatic carbocycles. The van der Waals surface area contributed by atoms with Crippen LogP contribution in [-0.2, 0) is 0 Å². The minimum Gasteiger partial charge on any atom is -0.493 e. The van der Waals surface area contributed by atoms with Gasteiger partial charge in [0.2, 0.25) is 0 Å². The molecule has 1 unspecified atom stereocenters.